The summed E-state index contributed by atoms with van der Waals surface area (Å²) in [7, 11) is 1.99. The van der Waals surface area contributed by atoms with Gasteiger partial charge in [0, 0.05) is 12.7 Å². The number of fused-ring (bicyclic) bond motifs is 1. The maximum absolute atomic E-state index is 6.00. The van der Waals surface area contributed by atoms with Crippen molar-refractivity contribution < 1.29 is 0 Å². The number of aromatic nitrogens is 2. The van der Waals surface area contributed by atoms with Crippen molar-refractivity contribution >= 4 is 46.7 Å². The molecular formula is C18H22IN5. The molecule has 0 aliphatic carbocycles. The van der Waals surface area contributed by atoms with Crippen LogP contribution in [0.3, 0.4) is 0 Å². The lowest BCUT2D eigenvalue weighted by Crippen LogP contribution is -2.23. The largest absolute Gasteiger partial charge is 0.370 e. The third-order valence-corrected chi connectivity index (χ3v) is 3.76. The van der Waals surface area contributed by atoms with Crippen LogP contribution in [0.25, 0.3) is 11.0 Å². The van der Waals surface area contributed by atoms with Gasteiger partial charge in [-0.15, -0.1) is 24.0 Å². The molecular weight excluding hydrogens is 413 g/mol. The monoisotopic (exact) mass is 435 g/mol. The van der Waals surface area contributed by atoms with Gasteiger partial charge in [-0.3, -0.25) is 0 Å². The van der Waals surface area contributed by atoms with Crippen molar-refractivity contribution in [3.05, 3.63) is 59.4 Å². The van der Waals surface area contributed by atoms with Gasteiger partial charge in [-0.1, -0.05) is 18.2 Å². The van der Waals surface area contributed by atoms with Crippen LogP contribution >= 0.6 is 24.0 Å². The molecule has 0 atom stereocenters. The van der Waals surface area contributed by atoms with Crippen LogP contribution in [0.2, 0.25) is 0 Å². The highest BCUT2D eigenvalue weighted by molar-refractivity contribution is 14.0. The van der Waals surface area contributed by atoms with Gasteiger partial charge in [-0.05, 0) is 49.2 Å². The number of halogens is 1. The lowest BCUT2D eigenvalue weighted by molar-refractivity contribution is 0.812. The summed E-state index contributed by atoms with van der Waals surface area (Å²) in [4.78, 5) is 9.00. The molecule has 0 aliphatic rings. The fraction of sp³-hybridized carbons (Fsp3) is 0.222. The van der Waals surface area contributed by atoms with Gasteiger partial charge in [0.15, 0.2) is 5.96 Å². The Balaban J connectivity index is 0.00000208. The number of nitrogens with one attached hydrogen (secondary N) is 1. The number of aryl methyl sites for hydroxylation is 3. The molecule has 5 nitrogen and oxygen atoms in total. The Morgan fingerprint density at radius 1 is 1.17 bits per heavy atom. The minimum Gasteiger partial charge on any atom is -0.370 e. The Labute approximate surface area is 159 Å². The highest BCUT2D eigenvalue weighted by Gasteiger charge is 2.06. The predicted molar refractivity (Wildman–Crippen MR) is 111 cm³/mol. The minimum atomic E-state index is 0. The third kappa shape index (κ3) is 4.05. The standard InChI is InChI=1S/C18H21N5.HI/c1-12-8-13(2)10-14(9-12)21-18(19)20-11-17-22-15-6-4-5-7-16(15)23(17)3;/h4-10H,11H2,1-3H3,(H3,19,20,21);1H. The van der Waals surface area contributed by atoms with E-state index in [-0.39, 0.29) is 24.0 Å². The van der Waals surface area contributed by atoms with Crippen LogP contribution in [0.1, 0.15) is 17.0 Å². The molecule has 0 bridgehead atoms. The average Bonchev–Trinajstić information content (AvgIpc) is 2.81. The molecule has 2 aromatic carbocycles. The molecule has 6 heteroatoms. The van der Waals surface area contributed by atoms with E-state index in [0.717, 1.165) is 22.5 Å². The van der Waals surface area contributed by atoms with E-state index in [1.807, 2.05) is 48.0 Å². The van der Waals surface area contributed by atoms with E-state index >= 15 is 0 Å². The molecule has 0 amide bonds. The molecule has 3 aromatic rings. The summed E-state index contributed by atoms with van der Waals surface area (Å²) >= 11 is 0. The van der Waals surface area contributed by atoms with Crippen LogP contribution in [0.5, 0.6) is 0 Å². The zero-order valence-corrected chi connectivity index (χ0v) is 16.4. The molecule has 1 heterocycles. The lowest BCUT2D eigenvalue weighted by atomic mass is 10.1. The van der Waals surface area contributed by atoms with Crippen molar-refractivity contribution in [2.75, 3.05) is 5.32 Å². The molecule has 0 radical (unpaired) electrons. The molecule has 0 saturated carbocycles. The van der Waals surface area contributed by atoms with E-state index in [1.54, 1.807) is 0 Å². The maximum Gasteiger partial charge on any atom is 0.193 e. The average molecular weight is 435 g/mol. The Morgan fingerprint density at radius 2 is 1.83 bits per heavy atom. The third-order valence-electron chi connectivity index (χ3n) is 3.76. The maximum atomic E-state index is 6.00. The molecule has 3 N–H and O–H groups in total. The highest BCUT2D eigenvalue weighted by Crippen LogP contribution is 2.15. The Morgan fingerprint density at radius 3 is 2.50 bits per heavy atom. The SMILES string of the molecule is Cc1cc(C)cc(NC(N)=NCc2nc3ccccc3n2C)c1.I. The number of aliphatic imine (C=N–C) groups is 1. The fourth-order valence-electron chi connectivity index (χ4n) is 2.73. The zero-order valence-electron chi connectivity index (χ0n) is 14.1. The molecule has 24 heavy (non-hydrogen) atoms. The second kappa shape index (κ2) is 7.65. The summed E-state index contributed by atoms with van der Waals surface area (Å²) in [6.07, 6.45) is 0. The summed E-state index contributed by atoms with van der Waals surface area (Å²) in [6.45, 7) is 4.56. The Bertz CT molecular complexity index is 862. The molecule has 1 aromatic heterocycles. The van der Waals surface area contributed by atoms with Gasteiger partial charge in [-0.2, -0.15) is 0 Å². The molecule has 126 valence electrons. The Hall–Kier alpha value is -2.09. The summed E-state index contributed by atoms with van der Waals surface area (Å²) in [6, 6.07) is 14.3. The van der Waals surface area contributed by atoms with E-state index in [9.17, 15) is 0 Å². The number of hydrogen-bond donors (Lipinski definition) is 2. The number of hydrogen-bond acceptors (Lipinski definition) is 2. The number of rotatable bonds is 3. The number of guanidine groups is 1. The van der Waals surface area contributed by atoms with Crippen LogP contribution in [-0.4, -0.2) is 15.5 Å². The zero-order chi connectivity index (χ0) is 16.4. The smallest absolute Gasteiger partial charge is 0.193 e. The second-order valence-corrected chi connectivity index (χ2v) is 5.78. The van der Waals surface area contributed by atoms with Crippen LogP contribution in [-0.2, 0) is 13.6 Å². The Kier molecular flexibility index (Phi) is 5.82. The fourth-order valence-corrected chi connectivity index (χ4v) is 2.73. The van der Waals surface area contributed by atoms with Gasteiger partial charge in [-0.25, -0.2) is 9.98 Å². The molecule has 0 fully saturated rings. The van der Waals surface area contributed by atoms with Crippen molar-refractivity contribution in [3.8, 4) is 0 Å². The van der Waals surface area contributed by atoms with Crippen molar-refractivity contribution in [2.24, 2.45) is 17.8 Å². The first-order chi connectivity index (χ1) is 11.0. The summed E-state index contributed by atoms with van der Waals surface area (Å²) in [5, 5.41) is 3.14. The number of benzene rings is 2. The van der Waals surface area contributed by atoms with Crippen molar-refractivity contribution in [2.45, 2.75) is 20.4 Å². The number of para-hydroxylation sites is 2. The van der Waals surface area contributed by atoms with Crippen LogP contribution < -0.4 is 11.1 Å². The van der Waals surface area contributed by atoms with Gasteiger partial charge in [0.2, 0.25) is 0 Å². The first-order valence-corrected chi connectivity index (χ1v) is 7.58. The summed E-state index contributed by atoms with van der Waals surface area (Å²) < 4.78 is 2.04. The van der Waals surface area contributed by atoms with Crippen molar-refractivity contribution in [3.63, 3.8) is 0 Å². The molecule has 3 rings (SSSR count). The van der Waals surface area contributed by atoms with E-state index in [4.69, 9.17) is 5.73 Å². The van der Waals surface area contributed by atoms with Gasteiger partial charge in [0.05, 0.1) is 11.0 Å². The van der Waals surface area contributed by atoms with E-state index in [2.05, 4.69) is 35.2 Å². The molecule has 0 unspecified atom stereocenters. The highest BCUT2D eigenvalue weighted by atomic mass is 127. The van der Waals surface area contributed by atoms with Gasteiger partial charge < -0.3 is 15.6 Å². The molecule has 0 aliphatic heterocycles. The lowest BCUT2D eigenvalue weighted by Gasteiger charge is -2.08. The van der Waals surface area contributed by atoms with Gasteiger partial charge >= 0.3 is 0 Å². The van der Waals surface area contributed by atoms with Crippen LogP contribution in [0.15, 0.2) is 47.5 Å². The number of nitrogens with two attached hydrogens (primary N) is 1. The predicted octanol–water partition coefficient (Wildman–Crippen LogP) is 3.73. The molecule has 0 saturated heterocycles. The van der Waals surface area contributed by atoms with E-state index in [0.29, 0.717) is 12.5 Å². The van der Waals surface area contributed by atoms with Gasteiger partial charge in [0.1, 0.15) is 12.4 Å². The van der Waals surface area contributed by atoms with Crippen LogP contribution in [0.4, 0.5) is 5.69 Å². The number of imidazole rings is 1. The number of anilines is 1. The first-order valence-electron chi connectivity index (χ1n) is 7.58. The summed E-state index contributed by atoms with van der Waals surface area (Å²) in [5.74, 6) is 1.28. The minimum absolute atomic E-state index is 0. The topological polar surface area (TPSA) is 68.2 Å². The molecule has 0 spiro atoms. The quantitative estimate of drug-likeness (QED) is 0.374. The van der Waals surface area contributed by atoms with E-state index < -0.39 is 0 Å². The van der Waals surface area contributed by atoms with Crippen molar-refractivity contribution in [1.82, 2.24) is 9.55 Å². The van der Waals surface area contributed by atoms with Crippen LogP contribution in [0, 0.1) is 13.8 Å². The van der Waals surface area contributed by atoms with Crippen molar-refractivity contribution in [1.29, 1.82) is 0 Å². The summed E-state index contributed by atoms with van der Waals surface area (Å²) in [5.41, 5.74) is 11.4. The number of nitrogens with zero attached hydrogens (tertiary/aromatic N) is 3. The van der Waals surface area contributed by atoms with Gasteiger partial charge in [0.25, 0.3) is 0 Å². The first kappa shape index (κ1) is 18.3. The van der Waals surface area contributed by atoms with E-state index in [1.165, 1.54) is 11.1 Å². The normalized spacial score (nSPS) is 11.4. The second-order valence-electron chi connectivity index (χ2n) is 5.78.